The molecule has 2 aliphatic heterocycles. The monoisotopic (exact) mass is 457 g/mol. The zero-order chi connectivity index (χ0) is 21.4. The number of carbonyl (C=O) groups is 1. The second-order valence-corrected chi connectivity index (χ2v) is 9.94. The van der Waals surface area contributed by atoms with E-state index < -0.39 is 5.54 Å². The maximum absolute atomic E-state index is 13.0. The number of hydrogen-bond acceptors (Lipinski definition) is 3. The molecule has 1 N–H and O–H groups in total. The molecule has 4 nitrogen and oxygen atoms in total. The first kappa shape index (κ1) is 21.1. The van der Waals surface area contributed by atoms with E-state index in [1.807, 2.05) is 18.2 Å². The molecule has 3 fully saturated rings. The summed E-state index contributed by atoms with van der Waals surface area (Å²) in [5, 5.41) is 4.15. The van der Waals surface area contributed by atoms with Crippen molar-refractivity contribution in [3.8, 4) is 0 Å². The minimum atomic E-state index is -0.495. The van der Waals surface area contributed by atoms with E-state index in [4.69, 9.17) is 23.2 Å². The maximum Gasteiger partial charge on any atom is 0.247 e. The highest BCUT2D eigenvalue weighted by Gasteiger charge is 2.51. The van der Waals surface area contributed by atoms with Gasteiger partial charge in [-0.1, -0.05) is 66.4 Å². The summed E-state index contributed by atoms with van der Waals surface area (Å²) in [4.78, 5) is 17.9. The average molecular weight is 458 g/mol. The van der Waals surface area contributed by atoms with Gasteiger partial charge >= 0.3 is 0 Å². The summed E-state index contributed by atoms with van der Waals surface area (Å²) >= 11 is 12.4. The average Bonchev–Trinajstić information content (AvgIpc) is 3.12. The van der Waals surface area contributed by atoms with Gasteiger partial charge in [-0.3, -0.25) is 9.69 Å². The first-order valence-electron chi connectivity index (χ1n) is 11.4. The second kappa shape index (κ2) is 8.65. The summed E-state index contributed by atoms with van der Waals surface area (Å²) in [5.74, 6) is 0.731. The molecule has 2 atom stereocenters. The number of likely N-dealkylation sites (tertiary alicyclic amines) is 1. The number of hydrogen-bond donors (Lipinski definition) is 1. The first-order valence-corrected chi connectivity index (χ1v) is 12.1. The highest BCUT2D eigenvalue weighted by Crippen LogP contribution is 2.42. The lowest BCUT2D eigenvalue weighted by Gasteiger charge is -2.48. The van der Waals surface area contributed by atoms with Crippen LogP contribution in [0.4, 0.5) is 5.69 Å². The molecule has 1 amide bonds. The van der Waals surface area contributed by atoms with Crippen molar-refractivity contribution in [3.05, 3.63) is 64.1 Å². The predicted molar refractivity (Wildman–Crippen MR) is 127 cm³/mol. The smallest absolute Gasteiger partial charge is 0.247 e. The fourth-order valence-corrected chi connectivity index (χ4v) is 6.23. The van der Waals surface area contributed by atoms with Gasteiger partial charge in [-0.05, 0) is 55.4 Å². The van der Waals surface area contributed by atoms with Crippen LogP contribution in [0.15, 0.2) is 48.5 Å². The summed E-state index contributed by atoms with van der Waals surface area (Å²) in [5.41, 5.74) is 1.93. The van der Waals surface area contributed by atoms with E-state index in [-0.39, 0.29) is 5.91 Å². The molecule has 1 aliphatic carbocycles. The molecule has 2 aromatic carbocycles. The first-order chi connectivity index (χ1) is 15.1. The zero-order valence-corrected chi connectivity index (χ0v) is 19.2. The molecular formula is C25H29Cl2N3O. The number of rotatable bonds is 3. The molecule has 2 saturated heterocycles. The van der Waals surface area contributed by atoms with Crippen molar-refractivity contribution in [3.63, 3.8) is 0 Å². The molecule has 5 rings (SSSR count). The molecule has 2 heterocycles. The Kier molecular flexibility index (Phi) is 5.89. The number of piperidine rings is 1. The number of carbonyl (C=O) groups excluding carboxylic acids is 1. The van der Waals surface area contributed by atoms with Crippen LogP contribution in [-0.2, 0) is 4.79 Å². The molecule has 31 heavy (non-hydrogen) atoms. The lowest BCUT2D eigenvalue weighted by Crippen LogP contribution is -2.58. The van der Waals surface area contributed by atoms with Gasteiger partial charge in [-0.15, -0.1) is 0 Å². The van der Waals surface area contributed by atoms with E-state index in [2.05, 4.69) is 45.4 Å². The van der Waals surface area contributed by atoms with E-state index >= 15 is 0 Å². The fourth-order valence-electron chi connectivity index (χ4n) is 5.94. The number of halogens is 2. The van der Waals surface area contributed by atoms with Crippen LogP contribution in [0.25, 0.3) is 0 Å². The van der Waals surface area contributed by atoms with Crippen LogP contribution in [0.3, 0.4) is 0 Å². The third-order valence-corrected chi connectivity index (χ3v) is 8.34. The van der Waals surface area contributed by atoms with Crippen molar-refractivity contribution < 1.29 is 4.79 Å². The number of anilines is 1. The number of amides is 1. The van der Waals surface area contributed by atoms with E-state index in [1.54, 1.807) is 0 Å². The standard InChI is InChI=1S/C25H29Cl2N3O/c26-21-11-10-19(16-22(21)27)30-17-28-24(31)25(30)12-14-29(15-13-25)23-9-5-4-8-20(23)18-6-2-1-3-7-18/h1-3,6-7,10-11,16,20,23H,4-5,8-9,12-15,17H2,(H,28,31). The minimum Gasteiger partial charge on any atom is -0.339 e. The summed E-state index contributed by atoms with van der Waals surface area (Å²) < 4.78 is 0. The quantitative estimate of drug-likeness (QED) is 0.665. The van der Waals surface area contributed by atoms with Gasteiger partial charge in [-0.25, -0.2) is 0 Å². The van der Waals surface area contributed by atoms with Crippen molar-refractivity contribution in [1.29, 1.82) is 0 Å². The largest absolute Gasteiger partial charge is 0.339 e. The normalized spacial score (nSPS) is 26.3. The van der Waals surface area contributed by atoms with E-state index in [1.165, 1.54) is 31.2 Å². The van der Waals surface area contributed by atoms with Crippen LogP contribution in [-0.4, -0.2) is 42.1 Å². The summed E-state index contributed by atoms with van der Waals surface area (Å²) in [6.45, 7) is 2.41. The third-order valence-electron chi connectivity index (χ3n) is 7.60. The van der Waals surface area contributed by atoms with Crippen molar-refractivity contribution in [2.45, 2.75) is 56.0 Å². The summed E-state index contributed by atoms with van der Waals surface area (Å²) in [6, 6.07) is 17.2. The van der Waals surface area contributed by atoms with Gasteiger partial charge in [0.05, 0.1) is 16.7 Å². The molecule has 0 aromatic heterocycles. The molecule has 0 radical (unpaired) electrons. The molecular weight excluding hydrogens is 429 g/mol. The van der Waals surface area contributed by atoms with Crippen molar-refractivity contribution in [2.75, 3.05) is 24.7 Å². The van der Waals surface area contributed by atoms with Crippen molar-refractivity contribution >= 4 is 34.8 Å². The molecule has 6 heteroatoms. The lowest BCUT2D eigenvalue weighted by molar-refractivity contribution is -0.125. The van der Waals surface area contributed by atoms with Crippen LogP contribution < -0.4 is 10.2 Å². The SMILES string of the molecule is O=C1NCN(c2ccc(Cl)c(Cl)c2)C12CCN(C1CCCCC1c1ccccc1)CC2. The molecule has 2 unspecified atom stereocenters. The number of benzene rings is 2. The Morgan fingerprint density at radius 2 is 1.68 bits per heavy atom. The highest BCUT2D eigenvalue weighted by atomic mass is 35.5. The number of nitrogens with one attached hydrogen (secondary N) is 1. The van der Waals surface area contributed by atoms with Crippen molar-refractivity contribution in [2.24, 2.45) is 0 Å². The van der Waals surface area contributed by atoms with Gasteiger partial charge in [0.2, 0.25) is 5.91 Å². The fraction of sp³-hybridized carbons (Fsp3) is 0.480. The van der Waals surface area contributed by atoms with Gasteiger partial charge in [-0.2, -0.15) is 0 Å². The Morgan fingerprint density at radius 1 is 0.935 bits per heavy atom. The minimum absolute atomic E-state index is 0.140. The Hall–Kier alpha value is -1.75. The zero-order valence-electron chi connectivity index (χ0n) is 17.7. The Morgan fingerprint density at radius 3 is 2.42 bits per heavy atom. The van der Waals surface area contributed by atoms with E-state index in [0.29, 0.717) is 28.7 Å². The van der Waals surface area contributed by atoms with Gasteiger partial charge < -0.3 is 10.2 Å². The second-order valence-electron chi connectivity index (χ2n) is 9.13. The summed E-state index contributed by atoms with van der Waals surface area (Å²) in [7, 11) is 0. The van der Waals surface area contributed by atoms with Gasteiger partial charge in [0, 0.05) is 24.8 Å². The van der Waals surface area contributed by atoms with E-state index in [0.717, 1.165) is 31.6 Å². The highest BCUT2D eigenvalue weighted by molar-refractivity contribution is 6.42. The Balaban J connectivity index is 1.35. The predicted octanol–water partition coefficient (Wildman–Crippen LogP) is 5.45. The van der Waals surface area contributed by atoms with Crippen LogP contribution in [0, 0.1) is 0 Å². The Bertz CT molecular complexity index is 943. The molecule has 1 spiro atoms. The summed E-state index contributed by atoms with van der Waals surface area (Å²) in [6.07, 6.45) is 6.77. The molecule has 0 bridgehead atoms. The lowest BCUT2D eigenvalue weighted by atomic mass is 9.77. The molecule has 2 aromatic rings. The number of nitrogens with zero attached hydrogens (tertiary/aromatic N) is 2. The van der Waals surface area contributed by atoms with Crippen molar-refractivity contribution in [1.82, 2.24) is 10.2 Å². The molecule has 164 valence electrons. The maximum atomic E-state index is 13.0. The van der Waals surface area contributed by atoms with Gasteiger partial charge in [0.15, 0.2) is 0 Å². The Labute approximate surface area is 194 Å². The van der Waals surface area contributed by atoms with Crippen LogP contribution in [0.5, 0.6) is 0 Å². The van der Waals surface area contributed by atoms with Gasteiger partial charge in [0.1, 0.15) is 5.54 Å². The van der Waals surface area contributed by atoms with Gasteiger partial charge in [0.25, 0.3) is 0 Å². The molecule has 3 aliphatic rings. The van der Waals surface area contributed by atoms with Crippen LogP contribution >= 0.6 is 23.2 Å². The van der Waals surface area contributed by atoms with E-state index in [9.17, 15) is 4.79 Å². The van der Waals surface area contributed by atoms with Crippen LogP contribution in [0.1, 0.15) is 50.0 Å². The third kappa shape index (κ3) is 3.83. The van der Waals surface area contributed by atoms with Crippen LogP contribution in [0.2, 0.25) is 10.0 Å². The topological polar surface area (TPSA) is 35.6 Å². The molecule has 1 saturated carbocycles.